The largest absolute Gasteiger partial charge is 0.394 e. The van der Waals surface area contributed by atoms with Gasteiger partial charge in [0.05, 0.1) is 25.4 Å². The quantitative estimate of drug-likeness (QED) is 0.119. The lowest BCUT2D eigenvalue weighted by molar-refractivity contribution is -0.416. The Hall–Kier alpha value is -0.640. The van der Waals surface area contributed by atoms with Crippen molar-refractivity contribution >= 4 is 0 Å². The van der Waals surface area contributed by atoms with Gasteiger partial charge >= 0.3 is 0 Å². The van der Waals surface area contributed by atoms with E-state index in [2.05, 4.69) is 0 Å². The van der Waals surface area contributed by atoms with E-state index in [1.54, 1.807) is 0 Å². The first-order chi connectivity index (χ1) is 21.5. The molecule has 47 heavy (non-hydrogen) atoms. The zero-order chi connectivity index (χ0) is 36.0. The molecule has 0 amide bonds. The van der Waals surface area contributed by atoms with E-state index in [-0.39, 0.29) is 0 Å². The summed E-state index contributed by atoms with van der Waals surface area (Å²) < 4.78 is 36.5. The van der Waals surface area contributed by atoms with Crippen molar-refractivity contribution in [2.75, 3.05) is 19.8 Å². The molecular formula is C31H58O16. The number of hydrogen-bond acceptors (Lipinski definition) is 16. The van der Waals surface area contributed by atoms with Gasteiger partial charge in [-0.25, -0.2) is 0 Å². The van der Waals surface area contributed by atoms with E-state index in [1.807, 2.05) is 62.3 Å². The molecule has 3 saturated heterocycles. The van der Waals surface area contributed by atoms with E-state index in [0.29, 0.717) is 0 Å². The zero-order valence-corrected chi connectivity index (χ0v) is 28.7. The Bertz CT molecular complexity index is 953. The molecule has 3 rings (SSSR count). The summed E-state index contributed by atoms with van der Waals surface area (Å²) in [5, 5.41) is 105. The summed E-state index contributed by atoms with van der Waals surface area (Å²) in [6.45, 7) is 15.5. The first-order valence-corrected chi connectivity index (χ1v) is 16.0. The maximum Gasteiger partial charge on any atom is 0.187 e. The smallest absolute Gasteiger partial charge is 0.187 e. The Balaban J connectivity index is 2.18. The summed E-state index contributed by atoms with van der Waals surface area (Å²) in [7, 11) is 0. The molecule has 16 heteroatoms. The minimum Gasteiger partial charge on any atom is -0.394 e. The van der Waals surface area contributed by atoms with Gasteiger partial charge in [0.1, 0.15) is 73.2 Å². The summed E-state index contributed by atoms with van der Waals surface area (Å²) in [5.41, 5.74) is -2.97. The normalized spacial score (nSPS) is 42.8. The van der Waals surface area contributed by atoms with Crippen LogP contribution >= 0.6 is 0 Å². The SMILES string of the molecule is CC(C)(C)C(OC1OC(CO)C(O)C(OC2OC(CO)C(O)C(O)C2O)C1OC1OC(CO)C(O)C(O)C1O)(C(C)(C)C)C(C)(C)C. The standard InChI is InChI=1S/C31H58O16/c1-28(2,3)31(29(4,5)6,30(7,8)9)47-27-24(46-26-22(41)20(39)17(36)14(11-33)43-26)23(18(37)15(12-34)44-27)45-25-21(40)19(38)16(35)13(10-32)42-25/h13-27,32-41H,10-12H2,1-9H3. The van der Waals surface area contributed by atoms with Crippen LogP contribution in [0, 0.1) is 16.2 Å². The van der Waals surface area contributed by atoms with Crippen LogP contribution in [0.15, 0.2) is 0 Å². The van der Waals surface area contributed by atoms with Crippen molar-refractivity contribution in [2.24, 2.45) is 16.2 Å². The lowest BCUT2D eigenvalue weighted by Crippen LogP contribution is -2.70. The van der Waals surface area contributed by atoms with E-state index in [4.69, 9.17) is 28.4 Å². The van der Waals surface area contributed by atoms with Gasteiger partial charge in [-0.3, -0.25) is 0 Å². The van der Waals surface area contributed by atoms with Crippen LogP contribution in [0.2, 0.25) is 0 Å². The Morgan fingerprint density at radius 3 is 1.09 bits per heavy atom. The molecule has 0 aromatic rings. The predicted molar refractivity (Wildman–Crippen MR) is 161 cm³/mol. The summed E-state index contributed by atoms with van der Waals surface area (Å²) >= 11 is 0. The number of aliphatic hydroxyl groups is 10. The fraction of sp³-hybridized carbons (Fsp3) is 1.00. The average Bonchev–Trinajstić information content (AvgIpc) is 2.96. The fourth-order valence-corrected chi connectivity index (χ4v) is 8.19. The Labute approximate surface area is 275 Å². The van der Waals surface area contributed by atoms with Gasteiger partial charge < -0.3 is 79.5 Å². The Morgan fingerprint density at radius 1 is 0.426 bits per heavy atom. The highest BCUT2D eigenvalue weighted by atomic mass is 16.8. The molecule has 3 aliphatic heterocycles. The third kappa shape index (κ3) is 7.68. The third-order valence-corrected chi connectivity index (χ3v) is 9.54. The van der Waals surface area contributed by atoms with Crippen LogP contribution in [0.1, 0.15) is 62.3 Å². The second kappa shape index (κ2) is 14.9. The second-order valence-electron chi connectivity index (χ2n) is 15.9. The van der Waals surface area contributed by atoms with Gasteiger partial charge in [-0.05, 0) is 16.2 Å². The molecule has 0 aromatic carbocycles. The molecule has 0 spiro atoms. The van der Waals surface area contributed by atoms with Gasteiger partial charge in [0.2, 0.25) is 0 Å². The van der Waals surface area contributed by atoms with Gasteiger partial charge in [-0.1, -0.05) is 62.3 Å². The highest BCUT2D eigenvalue weighted by molar-refractivity contribution is 5.09. The van der Waals surface area contributed by atoms with Crippen molar-refractivity contribution in [3.8, 4) is 0 Å². The van der Waals surface area contributed by atoms with Crippen molar-refractivity contribution in [1.29, 1.82) is 0 Å². The molecule has 3 fully saturated rings. The summed E-state index contributed by atoms with van der Waals surface area (Å²) in [4.78, 5) is 0. The molecule has 0 saturated carbocycles. The molecule has 3 aliphatic rings. The molecule has 0 aliphatic carbocycles. The lowest BCUT2D eigenvalue weighted by Gasteiger charge is -2.62. The van der Waals surface area contributed by atoms with Gasteiger partial charge in [-0.2, -0.15) is 0 Å². The van der Waals surface area contributed by atoms with Crippen LogP contribution in [0.4, 0.5) is 0 Å². The number of aliphatic hydroxyl groups excluding tert-OH is 10. The van der Waals surface area contributed by atoms with Crippen LogP contribution in [0.5, 0.6) is 0 Å². The van der Waals surface area contributed by atoms with Crippen molar-refractivity contribution in [1.82, 2.24) is 0 Å². The summed E-state index contributed by atoms with van der Waals surface area (Å²) in [5.74, 6) is 0. The molecule has 16 nitrogen and oxygen atoms in total. The minimum atomic E-state index is -1.89. The fourth-order valence-electron chi connectivity index (χ4n) is 8.19. The minimum absolute atomic E-state index is 0.626. The number of rotatable bonds is 9. The van der Waals surface area contributed by atoms with E-state index in [0.717, 1.165) is 0 Å². The van der Waals surface area contributed by atoms with Crippen molar-refractivity contribution in [3.63, 3.8) is 0 Å². The molecule has 0 aromatic heterocycles. The maximum atomic E-state index is 11.5. The molecular weight excluding hydrogens is 628 g/mol. The van der Waals surface area contributed by atoms with E-state index < -0.39 is 134 Å². The zero-order valence-electron chi connectivity index (χ0n) is 28.7. The van der Waals surface area contributed by atoms with Crippen molar-refractivity contribution < 1.29 is 79.5 Å². The highest BCUT2D eigenvalue weighted by Crippen LogP contribution is 2.58. The molecule has 278 valence electrons. The van der Waals surface area contributed by atoms with Crippen molar-refractivity contribution in [2.45, 2.75) is 160 Å². The molecule has 0 radical (unpaired) electrons. The lowest BCUT2D eigenvalue weighted by atomic mass is 9.52. The maximum absolute atomic E-state index is 11.5. The third-order valence-electron chi connectivity index (χ3n) is 9.54. The Morgan fingerprint density at radius 2 is 0.745 bits per heavy atom. The molecule has 0 bridgehead atoms. The summed E-state index contributed by atoms with van der Waals surface area (Å²) in [6, 6.07) is 0. The second-order valence-corrected chi connectivity index (χ2v) is 15.9. The van der Waals surface area contributed by atoms with E-state index in [1.165, 1.54) is 0 Å². The van der Waals surface area contributed by atoms with E-state index in [9.17, 15) is 51.1 Å². The van der Waals surface area contributed by atoms with Gasteiger partial charge in [0.25, 0.3) is 0 Å². The van der Waals surface area contributed by atoms with Gasteiger partial charge in [-0.15, -0.1) is 0 Å². The molecule has 3 heterocycles. The van der Waals surface area contributed by atoms with E-state index >= 15 is 0 Å². The predicted octanol–water partition coefficient (Wildman–Crippen LogP) is -2.67. The van der Waals surface area contributed by atoms with Crippen molar-refractivity contribution in [3.05, 3.63) is 0 Å². The summed E-state index contributed by atoms with van der Waals surface area (Å²) in [6.07, 6.45) is -25.0. The highest BCUT2D eigenvalue weighted by Gasteiger charge is 2.63. The average molecular weight is 687 g/mol. The van der Waals surface area contributed by atoms with Crippen LogP contribution in [-0.4, -0.2) is 169 Å². The van der Waals surface area contributed by atoms with Gasteiger partial charge in [0.15, 0.2) is 18.9 Å². The monoisotopic (exact) mass is 686 g/mol. The van der Waals surface area contributed by atoms with Crippen LogP contribution < -0.4 is 0 Å². The Kier molecular flexibility index (Phi) is 12.9. The van der Waals surface area contributed by atoms with Gasteiger partial charge in [0, 0.05) is 0 Å². The molecule has 15 atom stereocenters. The topological polar surface area (TPSA) is 258 Å². The van der Waals surface area contributed by atoms with Crippen LogP contribution in [-0.2, 0) is 28.4 Å². The molecule has 10 N–H and O–H groups in total. The molecule has 15 unspecified atom stereocenters. The first kappa shape index (κ1) is 40.8. The van der Waals surface area contributed by atoms with Crippen LogP contribution in [0.25, 0.3) is 0 Å². The van der Waals surface area contributed by atoms with Crippen LogP contribution in [0.3, 0.4) is 0 Å². The number of ether oxygens (including phenoxy) is 6. The number of hydrogen-bond donors (Lipinski definition) is 10. The first-order valence-electron chi connectivity index (χ1n) is 16.0.